The Morgan fingerprint density at radius 2 is 2.07 bits per heavy atom. The molecule has 0 aliphatic carbocycles. The van der Waals surface area contributed by atoms with E-state index in [4.69, 9.17) is 11.6 Å². The van der Waals surface area contributed by atoms with E-state index in [1.165, 1.54) is 0 Å². The van der Waals surface area contributed by atoms with Crippen LogP contribution >= 0.6 is 11.6 Å². The molecule has 3 rings (SSSR count). The zero-order chi connectivity index (χ0) is 20.0. The number of rotatable bonds is 6. The monoisotopic (exact) mass is 427 g/mol. The van der Waals surface area contributed by atoms with Gasteiger partial charge in [-0.2, -0.15) is 0 Å². The van der Waals surface area contributed by atoms with Gasteiger partial charge in [-0.3, -0.25) is 9.89 Å². The lowest BCUT2D eigenvalue weighted by molar-refractivity contribution is 0.304. The molecule has 1 aromatic carbocycles. The Morgan fingerprint density at radius 1 is 1.29 bits per heavy atom. The van der Waals surface area contributed by atoms with Gasteiger partial charge in [0.1, 0.15) is 0 Å². The van der Waals surface area contributed by atoms with Crippen molar-refractivity contribution in [2.45, 2.75) is 19.4 Å². The number of aliphatic imine (C=N–C) groups is 1. The highest BCUT2D eigenvalue weighted by molar-refractivity contribution is 7.91. The van der Waals surface area contributed by atoms with E-state index in [1.54, 1.807) is 0 Å². The van der Waals surface area contributed by atoms with E-state index in [1.807, 2.05) is 18.2 Å². The molecule has 0 spiro atoms. The Labute approximate surface area is 173 Å². The van der Waals surface area contributed by atoms with E-state index < -0.39 is 9.84 Å². The van der Waals surface area contributed by atoms with Crippen molar-refractivity contribution in [2.24, 2.45) is 4.99 Å². The van der Waals surface area contributed by atoms with Crippen molar-refractivity contribution in [3.8, 4) is 0 Å². The maximum absolute atomic E-state index is 11.5. The molecule has 2 heterocycles. The van der Waals surface area contributed by atoms with Gasteiger partial charge in [0.25, 0.3) is 0 Å². The average molecular weight is 428 g/mol. The second kappa shape index (κ2) is 9.80. The van der Waals surface area contributed by atoms with Crippen LogP contribution in [-0.2, 0) is 9.84 Å². The first-order valence-corrected chi connectivity index (χ1v) is 12.1. The van der Waals surface area contributed by atoms with E-state index in [-0.39, 0.29) is 11.5 Å². The first-order chi connectivity index (χ1) is 13.4. The number of benzene rings is 1. The molecule has 2 aliphatic rings. The van der Waals surface area contributed by atoms with Crippen LogP contribution in [0.5, 0.6) is 0 Å². The lowest BCUT2D eigenvalue weighted by atomic mass is 10.3. The van der Waals surface area contributed by atoms with Crippen LogP contribution in [0.15, 0.2) is 29.3 Å². The van der Waals surface area contributed by atoms with Gasteiger partial charge < -0.3 is 15.5 Å². The van der Waals surface area contributed by atoms with Crippen molar-refractivity contribution in [3.05, 3.63) is 29.3 Å². The van der Waals surface area contributed by atoms with Crippen LogP contribution in [0, 0.1) is 0 Å². The smallest absolute Gasteiger partial charge is 0.191 e. The van der Waals surface area contributed by atoms with Crippen molar-refractivity contribution in [3.63, 3.8) is 0 Å². The summed E-state index contributed by atoms with van der Waals surface area (Å²) in [6, 6.07) is 8.30. The number of nitrogens with zero attached hydrogens (tertiary/aromatic N) is 3. The van der Waals surface area contributed by atoms with Gasteiger partial charge in [-0.1, -0.05) is 17.7 Å². The molecule has 2 N–H and O–H groups in total. The van der Waals surface area contributed by atoms with Crippen LogP contribution in [-0.4, -0.2) is 82.6 Å². The maximum atomic E-state index is 11.5. The molecule has 0 saturated carbocycles. The van der Waals surface area contributed by atoms with Gasteiger partial charge in [0, 0.05) is 56.0 Å². The Morgan fingerprint density at radius 3 is 2.79 bits per heavy atom. The highest BCUT2D eigenvalue weighted by atomic mass is 35.5. The summed E-state index contributed by atoms with van der Waals surface area (Å²) in [5, 5.41) is 7.60. The second-order valence-corrected chi connectivity index (χ2v) is 10.1. The van der Waals surface area contributed by atoms with Gasteiger partial charge in [-0.25, -0.2) is 8.42 Å². The topological polar surface area (TPSA) is 77.0 Å². The normalized spacial score (nSPS) is 23.0. The average Bonchev–Trinajstić information content (AvgIpc) is 3.12. The molecule has 156 valence electrons. The largest absolute Gasteiger partial charge is 0.369 e. The third kappa shape index (κ3) is 6.25. The van der Waals surface area contributed by atoms with Crippen molar-refractivity contribution in [2.75, 3.05) is 62.2 Å². The molecular weight excluding hydrogens is 398 g/mol. The van der Waals surface area contributed by atoms with Crippen LogP contribution < -0.4 is 15.5 Å². The number of sulfone groups is 1. The number of halogens is 1. The van der Waals surface area contributed by atoms with Gasteiger partial charge in [0.2, 0.25) is 0 Å². The molecule has 0 amide bonds. The van der Waals surface area contributed by atoms with Crippen LogP contribution in [0.4, 0.5) is 5.69 Å². The molecule has 2 aliphatic heterocycles. The molecular formula is C19H30ClN5O2S. The Hall–Kier alpha value is -1.51. The number of hydrogen-bond acceptors (Lipinski definition) is 5. The van der Waals surface area contributed by atoms with Crippen LogP contribution in [0.3, 0.4) is 0 Å². The highest BCUT2D eigenvalue weighted by Gasteiger charge is 2.24. The Kier molecular flexibility index (Phi) is 7.42. The summed E-state index contributed by atoms with van der Waals surface area (Å²) in [7, 11) is -2.83. The van der Waals surface area contributed by atoms with E-state index >= 15 is 0 Å². The zero-order valence-corrected chi connectivity index (χ0v) is 18.0. The lowest BCUT2D eigenvalue weighted by Gasteiger charge is -2.26. The fourth-order valence-electron chi connectivity index (χ4n) is 3.58. The third-order valence-corrected chi connectivity index (χ3v) is 7.01. The molecule has 0 radical (unpaired) electrons. The molecule has 0 bridgehead atoms. The van der Waals surface area contributed by atoms with Gasteiger partial charge >= 0.3 is 0 Å². The minimum absolute atomic E-state index is 0.260. The molecule has 1 unspecified atom stereocenters. The summed E-state index contributed by atoms with van der Waals surface area (Å²) in [5.41, 5.74) is 1.15. The molecule has 1 aromatic rings. The van der Waals surface area contributed by atoms with E-state index in [0.29, 0.717) is 25.7 Å². The minimum Gasteiger partial charge on any atom is -0.369 e. The molecule has 28 heavy (non-hydrogen) atoms. The van der Waals surface area contributed by atoms with Crippen molar-refractivity contribution < 1.29 is 8.42 Å². The van der Waals surface area contributed by atoms with Gasteiger partial charge in [-0.15, -0.1) is 0 Å². The number of nitrogens with one attached hydrogen (secondary N) is 2. The second-order valence-electron chi connectivity index (χ2n) is 7.31. The maximum Gasteiger partial charge on any atom is 0.191 e. The van der Waals surface area contributed by atoms with Gasteiger partial charge in [0.15, 0.2) is 15.8 Å². The Bertz CT molecular complexity index is 772. The number of anilines is 1. The van der Waals surface area contributed by atoms with Crippen LogP contribution in [0.1, 0.15) is 13.3 Å². The van der Waals surface area contributed by atoms with Crippen LogP contribution in [0.25, 0.3) is 0 Å². The third-order valence-electron chi connectivity index (χ3n) is 5.17. The SMILES string of the molecule is CCNC(=NCCN1CCS(=O)(=O)CC1)NC1CCN(c2cccc(Cl)c2)C1. The molecule has 7 nitrogen and oxygen atoms in total. The van der Waals surface area contributed by atoms with Gasteiger partial charge in [0.05, 0.1) is 18.1 Å². The summed E-state index contributed by atoms with van der Waals surface area (Å²) >= 11 is 6.11. The molecule has 0 aromatic heterocycles. The van der Waals surface area contributed by atoms with Crippen molar-refractivity contribution in [1.29, 1.82) is 0 Å². The standard InChI is InChI=1S/C19H30ClN5O2S/c1-2-21-19(22-7-9-24-10-12-28(26,27)13-11-24)23-17-6-8-25(15-17)18-5-3-4-16(20)14-18/h3-5,14,17H,2,6-13,15H2,1H3,(H2,21,22,23). The predicted octanol–water partition coefficient (Wildman–Crippen LogP) is 1.20. The number of guanidine groups is 1. The molecule has 9 heteroatoms. The first-order valence-electron chi connectivity index (χ1n) is 9.93. The quantitative estimate of drug-likeness (QED) is 0.525. The summed E-state index contributed by atoms with van der Waals surface area (Å²) in [6.07, 6.45) is 1.04. The Balaban J connectivity index is 1.48. The highest BCUT2D eigenvalue weighted by Crippen LogP contribution is 2.23. The van der Waals surface area contributed by atoms with E-state index in [0.717, 1.165) is 49.3 Å². The summed E-state index contributed by atoms with van der Waals surface area (Å²) < 4.78 is 23.0. The summed E-state index contributed by atoms with van der Waals surface area (Å²) in [4.78, 5) is 9.19. The summed E-state index contributed by atoms with van der Waals surface area (Å²) in [6.45, 7) is 7.41. The minimum atomic E-state index is -2.83. The van der Waals surface area contributed by atoms with E-state index in [2.05, 4.69) is 38.4 Å². The number of hydrogen-bond donors (Lipinski definition) is 2. The lowest BCUT2D eigenvalue weighted by Crippen LogP contribution is -2.45. The summed E-state index contributed by atoms with van der Waals surface area (Å²) in [5.74, 6) is 1.34. The first kappa shape index (κ1) is 21.2. The molecule has 2 fully saturated rings. The predicted molar refractivity (Wildman–Crippen MR) is 116 cm³/mol. The fourth-order valence-corrected chi connectivity index (χ4v) is 5.04. The zero-order valence-electron chi connectivity index (χ0n) is 16.4. The fraction of sp³-hybridized carbons (Fsp3) is 0.632. The van der Waals surface area contributed by atoms with Crippen molar-refractivity contribution >= 4 is 33.1 Å². The van der Waals surface area contributed by atoms with Crippen LogP contribution in [0.2, 0.25) is 5.02 Å². The van der Waals surface area contributed by atoms with Gasteiger partial charge in [-0.05, 0) is 31.5 Å². The van der Waals surface area contributed by atoms with E-state index in [9.17, 15) is 8.42 Å². The molecule has 1 atom stereocenters. The molecule has 2 saturated heterocycles. The van der Waals surface area contributed by atoms with Crippen molar-refractivity contribution in [1.82, 2.24) is 15.5 Å².